The van der Waals surface area contributed by atoms with Crippen molar-refractivity contribution >= 4 is 5.91 Å². The van der Waals surface area contributed by atoms with Gasteiger partial charge in [0.05, 0.1) is 0 Å². The predicted molar refractivity (Wildman–Crippen MR) is 104 cm³/mol. The number of aryl methyl sites for hydroxylation is 1. The first-order valence-corrected chi connectivity index (χ1v) is 8.04. The minimum Gasteiger partial charge on any atom is -0.509 e. The normalized spacial score (nSPS) is 11.0. The first-order chi connectivity index (χ1) is 11.9. The summed E-state index contributed by atoms with van der Waals surface area (Å²) in [6.45, 7) is 9.53. The van der Waals surface area contributed by atoms with Crippen molar-refractivity contribution in [2.24, 2.45) is 0 Å². The number of likely N-dealkylation sites (N-methyl/N-ethyl adjacent to an activating group) is 1. The second kappa shape index (κ2) is 8.15. The number of hydrogen-bond donors (Lipinski definition) is 1. The highest BCUT2D eigenvalue weighted by atomic mass is 16.3. The van der Waals surface area contributed by atoms with Crippen LogP contribution in [0.5, 0.6) is 0 Å². The second-order valence-electron chi connectivity index (χ2n) is 6.02. The molecule has 0 aromatic heterocycles. The molecule has 0 heterocycles. The topological polar surface area (TPSA) is 40.5 Å². The van der Waals surface area contributed by atoms with Crippen LogP contribution in [0.3, 0.4) is 0 Å². The van der Waals surface area contributed by atoms with E-state index in [-0.39, 0.29) is 11.7 Å². The zero-order chi connectivity index (χ0) is 18.4. The molecule has 0 radical (unpaired) electrons. The molecule has 0 aliphatic rings. The van der Waals surface area contributed by atoms with Crippen LogP contribution in [-0.4, -0.2) is 29.5 Å². The summed E-state index contributed by atoms with van der Waals surface area (Å²) >= 11 is 0. The van der Waals surface area contributed by atoms with Crippen molar-refractivity contribution in [3.8, 4) is 11.1 Å². The van der Waals surface area contributed by atoms with E-state index in [1.54, 1.807) is 18.0 Å². The van der Waals surface area contributed by atoms with Crippen molar-refractivity contribution in [1.82, 2.24) is 4.90 Å². The second-order valence-corrected chi connectivity index (χ2v) is 6.02. The van der Waals surface area contributed by atoms with Gasteiger partial charge in [0.1, 0.15) is 5.76 Å². The van der Waals surface area contributed by atoms with Gasteiger partial charge >= 0.3 is 0 Å². The van der Waals surface area contributed by atoms with Gasteiger partial charge in [0.2, 0.25) is 0 Å². The number of amides is 1. The van der Waals surface area contributed by atoms with E-state index >= 15 is 0 Å². The van der Waals surface area contributed by atoms with E-state index in [0.29, 0.717) is 12.1 Å². The number of carbonyl (C=O) groups excluding carboxylic acids is 1. The molecule has 128 valence electrons. The lowest BCUT2D eigenvalue weighted by molar-refractivity contribution is 0.0807. The van der Waals surface area contributed by atoms with Gasteiger partial charge in [0.25, 0.3) is 5.91 Å². The Morgan fingerprint density at radius 3 is 2.40 bits per heavy atom. The fourth-order valence-electron chi connectivity index (χ4n) is 2.58. The van der Waals surface area contributed by atoms with E-state index in [1.807, 2.05) is 30.3 Å². The Morgan fingerprint density at radius 2 is 1.84 bits per heavy atom. The lowest BCUT2D eigenvalue weighted by atomic mass is 10.0. The van der Waals surface area contributed by atoms with Gasteiger partial charge in [-0.05, 0) is 41.8 Å². The molecule has 3 nitrogen and oxygen atoms in total. The monoisotopic (exact) mass is 333 g/mol. The SMILES string of the molecule is C=C/C(=C\C(=C)O)CN(C)C(=O)c1ccc(-c2cccc(C)c2)cc1. The van der Waals surface area contributed by atoms with Gasteiger partial charge in [-0.3, -0.25) is 4.79 Å². The number of aliphatic hydroxyl groups is 1. The highest BCUT2D eigenvalue weighted by Gasteiger charge is 2.12. The first-order valence-electron chi connectivity index (χ1n) is 8.04. The third-order valence-electron chi connectivity index (χ3n) is 3.86. The van der Waals surface area contributed by atoms with E-state index in [0.717, 1.165) is 16.7 Å². The Bertz CT molecular complexity index is 816. The van der Waals surface area contributed by atoms with Crippen LogP contribution in [0.25, 0.3) is 11.1 Å². The van der Waals surface area contributed by atoms with Gasteiger partial charge in [-0.15, -0.1) is 0 Å². The fraction of sp³-hybridized carbons (Fsp3) is 0.136. The maximum absolute atomic E-state index is 12.6. The number of carbonyl (C=O) groups is 1. The Morgan fingerprint density at radius 1 is 1.16 bits per heavy atom. The van der Waals surface area contributed by atoms with E-state index in [4.69, 9.17) is 0 Å². The van der Waals surface area contributed by atoms with Crippen LogP contribution in [-0.2, 0) is 0 Å². The number of nitrogens with zero attached hydrogens (tertiary/aromatic N) is 1. The third-order valence-corrected chi connectivity index (χ3v) is 3.86. The number of aliphatic hydroxyl groups excluding tert-OH is 1. The Hall–Kier alpha value is -3.07. The quantitative estimate of drug-likeness (QED) is 0.602. The smallest absolute Gasteiger partial charge is 0.253 e. The summed E-state index contributed by atoms with van der Waals surface area (Å²) < 4.78 is 0. The van der Waals surface area contributed by atoms with Crippen LogP contribution in [0.1, 0.15) is 15.9 Å². The van der Waals surface area contributed by atoms with Crippen molar-refractivity contribution in [1.29, 1.82) is 0 Å². The number of hydrogen-bond acceptors (Lipinski definition) is 2. The summed E-state index contributed by atoms with van der Waals surface area (Å²) in [7, 11) is 1.72. The molecular formula is C22H23NO2. The molecule has 0 saturated heterocycles. The van der Waals surface area contributed by atoms with E-state index in [1.165, 1.54) is 11.6 Å². The van der Waals surface area contributed by atoms with Crippen LogP contribution in [0.4, 0.5) is 0 Å². The maximum atomic E-state index is 12.6. The summed E-state index contributed by atoms with van der Waals surface area (Å²) in [6, 6.07) is 15.8. The average Bonchev–Trinajstić information content (AvgIpc) is 2.60. The largest absolute Gasteiger partial charge is 0.509 e. The molecule has 2 aromatic carbocycles. The molecular weight excluding hydrogens is 310 g/mol. The van der Waals surface area contributed by atoms with E-state index < -0.39 is 0 Å². The third kappa shape index (κ3) is 4.95. The molecule has 0 atom stereocenters. The predicted octanol–water partition coefficient (Wildman–Crippen LogP) is 4.92. The number of allylic oxidation sites excluding steroid dienone is 1. The zero-order valence-corrected chi connectivity index (χ0v) is 14.7. The van der Waals surface area contributed by atoms with Gasteiger partial charge in [0.15, 0.2) is 0 Å². The molecule has 0 aliphatic carbocycles. The summed E-state index contributed by atoms with van der Waals surface area (Å²) in [5, 5.41) is 9.26. The number of benzene rings is 2. The highest BCUT2D eigenvalue weighted by Crippen LogP contribution is 2.21. The van der Waals surface area contributed by atoms with Crippen LogP contribution in [0.2, 0.25) is 0 Å². The summed E-state index contributed by atoms with van der Waals surface area (Å²) in [5.41, 5.74) is 4.74. The van der Waals surface area contributed by atoms with Crippen LogP contribution < -0.4 is 0 Å². The van der Waals surface area contributed by atoms with Gasteiger partial charge in [-0.1, -0.05) is 61.2 Å². The fourth-order valence-corrected chi connectivity index (χ4v) is 2.58. The van der Waals surface area contributed by atoms with Crippen LogP contribution in [0.15, 0.2) is 85.2 Å². The first kappa shape index (κ1) is 18.3. The lowest BCUT2D eigenvalue weighted by Gasteiger charge is -2.18. The van der Waals surface area contributed by atoms with Gasteiger partial charge in [0, 0.05) is 19.2 Å². The van der Waals surface area contributed by atoms with Crippen LogP contribution in [0, 0.1) is 6.92 Å². The highest BCUT2D eigenvalue weighted by molar-refractivity contribution is 5.94. The molecule has 0 bridgehead atoms. The van der Waals surface area contributed by atoms with Gasteiger partial charge < -0.3 is 10.0 Å². The molecule has 0 saturated carbocycles. The molecule has 2 aromatic rings. The van der Waals surface area contributed by atoms with Crippen LogP contribution >= 0.6 is 0 Å². The minimum atomic E-state index is -0.0907. The standard InChI is InChI=1S/C22H23NO2/c1-5-18(14-17(3)24)15-23(4)22(25)20-11-9-19(10-12-20)21-8-6-7-16(2)13-21/h5-14,24H,1,3,15H2,2,4H3/b18-14+. The Balaban J connectivity index is 2.14. The molecule has 25 heavy (non-hydrogen) atoms. The van der Waals surface area contributed by atoms with Crippen molar-refractivity contribution in [2.75, 3.05) is 13.6 Å². The Labute approximate surface area is 149 Å². The molecule has 2 rings (SSSR count). The van der Waals surface area contributed by atoms with Crippen molar-refractivity contribution in [3.05, 3.63) is 96.3 Å². The van der Waals surface area contributed by atoms with E-state index in [9.17, 15) is 9.90 Å². The van der Waals surface area contributed by atoms with Crippen molar-refractivity contribution < 1.29 is 9.90 Å². The molecule has 1 N–H and O–H groups in total. The average molecular weight is 333 g/mol. The number of rotatable bonds is 6. The lowest BCUT2D eigenvalue weighted by Crippen LogP contribution is -2.28. The molecule has 0 unspecified atom stereocenters. The van der Waals surface area contributed by atoms with Crippen molar-refractivity contribution in [2.45, 2.75) is 6.92 Å². The molecule has 0 spiro atoms. The Kier molecular flexibility index (Phi) is 5.96. The van der Waals surface area contributed by atoms with Gasteiger partial charge in [-0.2, -0.15) is 0 Å². The van der Waals surface area contributed by atoms with Gasteiger partial charge in [-0.25, -0.2) is 0 Å². The molecule has 0 fully saturated rings. The summed E-state index contributed by atoms with van der Waals surface area (Å²) in [4.78, 5) is 14.1. The maximum Gasteiger partial charge on any atom is 0.253 e. The summed E-state index contributed by atoms with van der Waals surface area (Å²) in [6.07, 6.45) is 3.10. The molecule has 1 amide bonds. The molecule has 0 aliphatic heterocycles. The summed E-state index contributed by atoms with van der Waals surface area (Å²) in [5.74, 6) is -0.148. The minimum absolute atomic E-state index is 0.0572. The molecule has 3 heteroatoms. The van der Waals surface area contributed by atoms with E-state index in [2.05, 4.69) is 38.3 Å². The zero-order valence-electron chi connectivity index (χ0n) is 14.7. The van der Waals surface area contributed by atoms with Crippen molar-refractivity contribution in [3.63, 3.8) is 0 Å².